The van der Waals surface area contributed by atoms with Gasteiger partial charge in [0, 0.05) is 35.6 Å². The maximum absolute atomic E-state index is 13.0. The van der Waals surface area contributed by atoms with Gasteiger partial charge in [0.25, 0.3) is 5.91 Å². The summed E-state index contributed by atoms with van der Waals surface area (Å²) in [6.45, 7) is 11.8. The highest BCUT2D eigenvalue weighted by Gasteiger charge is 2.30. The first-order valence-corrected chi connectivity index (χ1v) is 13.3. The maximum atomic E-state index is 13.0. The predicted octanol–water partition coefficient (Wildman–Crippen LogP) is 4.69. The zero-order valence-electron chi connectivity index (χ0n) is 19.0. The van der Waals surface area contributed by atoms with Gasteiger partial charge in [0.2, 0.25) is 0 Å². The van der Waals surface area contributed by atoms with Crippen molar-refractivity contribution >= 4 is 30.1 Å². The van der Waals surface area contributed by atoms with Gasteiger partial charge in [0.05, 0.1) is 18.5 Å². The van der Waals surface area contributed by atoms with Crippen molar-refractivity contribution in [3.8, 4) is 0 Å². The van der Waals surface area contributed by atoms with Crippen LogP contribution in [-0.4, -0.2) is 43.2 Å². The second-order valence-corrected chi connectivity index (χ2v) is 10.8. The van der Waals surface area contributed by atoms with E-state index < -0.39 is 7.60 Å². The molecular formula is C23H33N2O4PS. The number of hydrogen-bond acceptors (Lipinski definition) is 6. The molecule has 0 saturated heterocycles. The van der Waals surface area contributed by atoms with Gasteiger partial charge < -0.3 is 14.4 Å². The highest BCUT2D eigenvalue weighted by Crippen LogP contribution is 2.47. The standard InChI is InChI=1S/C23H33N2O4PS/c1-6-28-30(27,29-7-2)20-8-9-21(16(3)14-20)23(26)24-11-12-25-17(4)15-19-10-13-31-22(19)18(25)5/h8-10,13-14,17-18H,6-7,11-12,15H2,1-5H3,(H,24,26)/t17-,18+/m1/s1. The number of benzene rings is 1. The van der Waals surface area contributed by atoms with Gasteiger partial charge in [-0.2, -0.15) is 0 Å². The van der Waals surface area contributed by atoms with Gasteiger partial charge in [0.15, 0.2) is 0 Å². The van der Waals surface area contributed by atoms with Crippen LogP contribution in [0.4, 0.5) is 0 Å². The number of nitrogens with one attached hydrogen (secondary N) is 1. The van der Waals surface area contributed by atoms with Crippen molar-refractivity contribution in [3.05, 3.63) is 51.2 Å². The summed E-state index contributed by atoms with van der Waals surface area (Å²) >= 11 is 1.82. The Bertz CT molecular complexity index is 951. The lowest BCUT2D eigenvalue weighted by atomic mass is 9.97. The summed E-state index contributed by atoms with van der Waals surface area (Å²) in [5.74, 6) is -0.124. The van der Waals surface area contributed by atoms with Crippen LogP contribution in [0.2, 0.25) is 0 Å². The van der Waals surface area contributed by atoms with E-state index in [1.807, 2.05) is 18.3 Å². The molecule has 1 amide bonds. The van der Waals surface area contributed by atoms with Crippen molar-refractivity contribution in [2.24, 2.45) is 0 Å². The average Bonchev–Trinajstić information content (AvgIpc) is 3.19. The van der Waals surface area contributed by atoms with Crippen molar-refractivity contribution < 1.29 is 18.4 Å². The number of fused-ring (bicyclic) bond motifs is 1. The molecule has 0 unspecified atom stereocenters. The molecule has 1 N–H and O–H groups in total. The van der Waals surface area contributed by atoms with E-state index in [4.69, 9.17) is 9.05 Å². The fourth-order valence-electron chi connectivity index (χ4n) is 4.26. The third-order valence-corrected chi connectivity index (χ3v) is 9.00. The van der Waals surface area contributed by atoms with Crippen LogP contribution in [0, 0.1) is 6.92 Å². The van der Waals surface area contributed by atoms with Crippen molar-refractivity contribution in [1.82, 2.24) is 10.2 Å². The normalized spacial score (nSPS) is 19.3. The quantitative estimate of drug-likeness (QED) is 0.546. The minimum absolute atomic E-state index is 0.124. The first kappa shape index (κ1) is 24.1. The monoisotopic (exact) mass is 464 g/mol. The summed E-state index contributed by atoms with van der Waals surface area (Å²) in [5.41, 5.74) is 2.78. The van der Waals surface area contributed by atoms with E-state index in [1.165, 1.54) is 10.4 Å². The van der Waals surface area contributed by atoms with E-state index in [2.05, 4.69) is 35.5 Å². The minimum atomic E-state index is -3.36. The van der Waals surface area contributed by atoms with Gasteiger partial charge >= 0.3 is 7.60 Å². The number of hydrogen-bond donors (Lipinski definition) is 1. The molecule has 0 spiro atoms. The number of rotatable bonds is 9. The molecule has 2 atom stereocenters. The van der Waals surface area contributed by atoms with Crippen LogP contribution in [0.15, 0.2) is 29.6 Å². The first-order chi connectivity index (χ1) is 14.8. The van der Waals surface area contributed by atoms with Crippen LogP contribution in [0.5, 0.6) is 0 Å². The molecule has 2 heterocycles. The van der Waals surface area contributed by atoms with Crippen LogP contribution in [0.1, 0.15) is 60.1 Å². The number of thiophene rings is 1. The second-order valence-electron chi connectivity index (χ2n) is 7.87. The van der Waals surface area contributed by atoms with Gasteiger partial charge in [-0.25, -0.2) is 0 Å². The Balaban J connectivity index is 1.63. The molecule has 0 saturated carbocycles. The molecule has 8 heteroatoms. The van der Waals surface area contributed by atoms with Crippen LogP contribution in [-0.2, 0) is 20.0 Å². The molecule has 31 heavy (non-hydrogen) atoms. The summed E-state index contributed by atoms with van der Waals surface area (Å²) in [6.07, 6.45) is 1.05. The van der Waals surface area contributed by atoms with Crippen molar-refractivity contribution in [2.75, 3.05) is 26.3 Å². The highest BCUT2D eigenvalue weighted by molar-refractivity contribution is 7.62. The molecule has 1 aliphatic heterocycles. The molecule has 0 fully saturated rings. The lowest BCUT2D eigenvalue weighted by molar-refractivity contribution is 0.0929. The summed E-state index contributed by atoms with van der Waals surface area (Å²) in [4.78, 5) is 16.7. The van der Waals surface area contributed by atoms with Crippen LogP contribution < -0.4 is 10.6 Å². The first-order valence-electron chi connectivity index (χ1n) is 10.9. The Morgan fingerprint density at radius 3 is 2.58 bits per heavy atom. The molecule has 0 aliphatic carbocycles. The third-order valence-electron chi connectivity index (χ3n) is 5.76. The molecule has 170 valence electrons. The summed E-state index contributed by atoms with van der Waals surface area (Å²) < 4.78 is 23.8. The number of carbonyl (C=O) groups is 1. The fraction of sp³-hybridized carbons (Fsp3) is 0.522. The van der Waals surface area contributed by atoms with Gasteiger partial charge in [-0.3, -0.25) is 14.3 Å². The van der Waals surface area contributed by atoms with E-state index in [-0.39, 0.29) is 5.91 Å². The Hall–Kier alpha value is -1.50. The maximum Gasteiger partial charge on any atom is 0.361 e. The lowest BCUT2D eigenvalue weighted by Crippen LogP contribution is -2.44. The SMILES string of the molecule is CCOP(=O)(OCC)c1ccc(C(=O)NCCN2[C@H](C)Cc3ccsc3[C@@H]2C)c(C)c1. The zero-order valence-corrected chi connectivity index (χ0v) is 20.7. The lowest BCUT2D eigenvalue weighted by Gasteiger charge is -2.38. The molecular weight excluding hydrogens is 431 g/mol. The van der Waals surface area contributed by atoms with Gasteiger partial charge in [0.1, 0.15) is 0 Å². The summed E-state index contributed by atoms with van der Waals surface area (Å²) in [5, 5.41) is 5.69. The van der Waals surface area contributed by atoms with Crippen molar-refractivity contribution in [2.45, 2.75) is 53.1 Å². The van der Waals surface area contributed by atoms with Crippen molar-refractivity contribution in [3.63, 3.8) is 0 Å². The molecule has 0 radical (unpaired) electrons. The average molecular weight is 465 g/mol. The summed E-state index contributed by atoms with van der Waals surface area (Å²) in [7, 11) is -3.36. The van der Waals surface area contributed by atoms with Gasteiger partial charge in [-0.05, 0) is 81.8 Å². The third kappa shape index (κ3) is 5.29. The Kier molecular flexibility index (Phi) is 8.11. The molecule has 1 aliphatic rings. The number of carbonyl (C=O) groups excluding carboxylic acids is 1. The highest BCUT2D eigenvalue weighted by atomic mass is 32.1. The zero-order chi connectivity index (χ0) is 22.6. The smallest absolute Gasteiger partial charge is 0.351 e. The van der Waals surface area contributed by atoms with Gasteiger partial charge in [-0.1, -0.05) is 0 Å². The number of amides is 1. The number of aryl methyl sites for hydroxylation is 1. The largest absolute Gasteiger partial charge is 0.361 e. The Morgan fingerprint density at radius 1 is 1.23 bits per heavy atom. The molecule has 0 bridgehead atoms. The van der Waals surface area contributed by atoms with E-state index in [1.54, 1.807) is 32.0 Å². The summed E-state index contributed by atoms with van der Waals surface area (Å²) in [6, 6.07) is 8.14. The Morgan fingerprint density at radius 2 is 1.94 bits per heavy atom. The van der Waals surface area contributed by atoms with Crippen LogP contribution in [0.25, 0.3) is 0 Å². The molecule has 3 rings (SSSR count). The Labute approximate surface area is 189 Å². The second kappa shape index (κ2) is 10.4. The van der Waals surface area contributed by atoms with E-state index in [9.17, 15) is 9.36 Å². The molecule has 1 aromatic heterocycles. The van der Waals surface area contributed by atoms with Crippen LogP contribution in [0.3, 0.4) is 0 Å². The molecule has 2 aromatic rings. The minimum Gasteiger partial charge on any atom is -0.351 e. The van der Waals surface area contributed by atoms with Crippen molar-refractivity contribution in [1.29, 1.82) is 0 Å². The van der Waals surface area contributed by atoms with Crippen LogP contribution >= 0.6 is 18.9 Å². The van der Waals surface area contributed by atoms with Gasteiger partial charge in [-0.15, -0.1) is 11.3 Å². The van der Waals surface area contributed by atoms with E-state index in [0.29, 0.717) is 42.7 Å². The van der Waals surface area contributed by atoms with E-state index in [0.717, 1.165) is 18.5 Å². The number of nitrogens with zero attached hydrogens (tertiary/aromatic N) is 1. The molecule has 1 aromatic carbocycles. The molecule has 6 nitrogen and oxygen atoms in total. The fourth-order valence-corrected chi connectivity index (χ4v) is 6.93. The predicted molar refractivity (Wildman–Crippen MR) is 127 cm³/mol. The topological polar surface area (TPSA) is 67.9 Å². The van der Waals surface area contributed by atoms with E-state index >= 15 is 0 Å².